The fourth-order valence-electron chi connectivity index (χ4n) is 1.38. The van der Waals surface area contributed by atoms with Crippen molar-refractivity contribution in [3.63, 3.8) is 0 Å². The highest BCUT2D eigenvalue weighted by atomic mass is 19.4. The van der Waals surface area contributed by atoms with Gasteiger partial charge in [-0.15, -0.1) is 0 Å². The normalized spacial score (nSPS) is 13.9. The number of amides is 1. The Kier molecular flexibility index (Phi) is 6.52. The SMILES string of the molecule is CC(CN)CCC(=O)N(CC(F)(F)F)C(C)C. The van der Waals surface area contributed by atoms with Crippen LogP contribution >= 0.6 is 0 Å². The summed E-state index contributed by atoms with van der Waals surface area (Å²) in [5.74, 6) is -0.309. The molecule has 102 valence electrons. The molecule has 1 unspecified atom stereocenters. The topological polar surface area (TPSA) is 46.3 Å². The maximum atomic E-state index is 12.3. The molecule has 0 heterocycles. The van der Waals surface area contributed by atoms with Crippen LogP contribution in [0.3, 0.4) is 0 Å². The summed E-state index contributed by atoms with van der Waals surface area (Å²) in [6.45, 7) is 4.29. The Morgan fingerprint density at radius 2 is 1.82 bits per heavy atom. The minimum absolute atomic E-state index is 0.118. The minimum Gasteiger partial charge on any atom is -0.331 e. The maximum absolute atomic E-state index is 12.3. The number of halogens is 3. The van der Waals surface area contributed by atoms with Gasteiger partial charge in [-0.05, 0) is 32.7 Å². The van der Waals surface area contributed by atoms with Crippen LogP contribution in [0, 0.1) is 5.92 Å². The number of nitrogens with two attached hydrogens (primary N) is 1. The molecule has 0 aromatic carbocycles. The summed E-state index contributed by atoms with van der Waals surface area (Å²) in [5, 5.41) is 0. The Balaban J connectivity index is 4.36. The van der Waals surface area contributed by atoms with Gasteiger partial charge in [0.25, 0.3) is 0 Å². The van der Waals surface area contributed by atoms with Gasteiger partial charge in [0.05, 0.1) is 0 Å². The van der Waals surface area contributed by atoms with Gasteiger partial charge >= 0.3 is 6.18 Å². The predicted molar refractivity (Wildman–Crippen MR) is 60.4 cm³/mol. The fourth-order valence-corrected chi connectivity index (χ4v) is 1.38. The van der Waals surface area contributed by atoms with Gasteiger partial charge in [-0.2, -0.15) is 13.2 Å². The molecule has 0 saturated carbocycles. The lowest BCUT2D eigenvalue weighted by molar-refractivity contribution is -0.164. The number of hydrogen-bond acceptors (Lipinski definition) is 2. The lowest BCUT2D eigenvalue weighted by Crippen LogP contribution is -2.43. The third kappa shape index (κ3) is 7.20. The predicted octanol–water partition coefficient (Wildman–Crippen LogP) is 2.16. The van der Waals surface area contributed by atoms with Crippen LogP contribution in [0.15, 0.2) is 0 Å². The van der Waals surface area contributed by atoms with Crippen molar-refractivity contribution in [1.29, 1.82) is 0 Å². The number of carbonyl (C=O) groups excluding carboxylic acids is 1. The molecule has 0 aromatic rings. The van der Waals surface area contributed by atoms with E-state index in [0.29, 0.717) is 13.0 Å². The second-order valence-electron chi connectivity index (χ2n) is 4.61. The van der Waals surface area contributed by atoms with Crippen LogP contribution in [0.5, 0.6) is 0 Å². The Hall–Kier alpha value is -0.780. The highest BCUT2D eigenvalue weighted by Gasteiger charge is 2.33. The Labute approximate surface area is 100 Å². The van der Waals surface area contributed by atoms with E-state index in [0.717, 1.165) is 4.90 Å². The summed E-state index contributed by atoms with van der Waals surface area (Å²) in [6, 6.07) is -0.447. The van der Waals surface area contributed by atoms with E-state index in [1.807, 2.05) is 6.92 Å². The Morgan fingerprint density at radius 3 is 2.18 bits per heavy atom. The summed E-state index contributed by atoms with van der Waals surface area (Å²) in [4.78, 5) is 12.5. The number of carbonyl (C=O) groups is 1. The average molecular weight is 254 g/mol. The summed E-state index contributed by atoms with van der Waals surface area (Å²) >= 11 is 0. The number of nitrogens with zero attached hydrogens (tertiary/aromatic N) is 1. The first-order valence-electron chi connectivity index (χ1n) is 5.73. The van der Waals surface area contributed by atoms with E-state index in [9.17, 15) is 18.0 Å². The largest absolute Gasteiger partial charge is 0.406 e. The van der Waals surface area contributed by atoms with Crippen LogP contribution in [0.25, 0.3) is 0 Å². The van der Waals surface area contributed by atoms with Crippen LogP contribution in [0.1, 0.15) is 33.6 Å². The summed E-state index contributed by atoms with van der Waals surface area (Å²) in [6.07, 6.45) is -3.71. The molecule has 0 aliphatic carbocycles. The molecule has 0 aliphatic rings. The highest BCUT2D eigenvalue weighted by Crippen LogP contribution is 2.19. The van der Waals surface area contributed by atoms with E-state index in [4.69, 9.17) is 5.73 Å². The zero-order chi connectivity index (χ0) is 13.6. The van der Waals surface area contributed by atoms with E-state index < -0.39 is 24.7 Å². The maximum Gasteiger partial charge on any atom is 0.406 e. The van der Waals surface area contributed by atoms with Crippen molar-refractivity contribution in [3.05, 3.63) is 0 Å². The van der Waals surface area contributed by atoms with E-state index in [-0.39, 0.29) is 12.3 Å². The Bertz CT molecular complexity index is 241. The van der Waals surface area contributed by atoms with Gasteiger partial charge in [0.1, 0.15) is 6.54 Å². The number of alkyl halides is 3. The van der Waals surface area contributed by atoms with E-state index in [2.05, 4.69) is 0 Å². The number of rotatable bonds is 6. The first-order valence-corrected chi connectivity index (χ1v) is 5.73. The van der Waals surface area contributed by atoms with Crippen molar-refractivity contribution in [2.75, 3.05) is 13.1 Å². The molecule has 0 aliphatic heterocycles. The molecule has 0 radical (unpaired) electrons. The molecule has 0 rings (SSSR count). The highest BCUT2D eigenvalue weighted by molar-refractivity contribution is 5.76. The number of hydrogen-bond donors (Lipinski definition) is 1. The van der Waals surface area contributed by atoms with Crippen molar-refractivity contribution in [2.24, 2.45) is 11.7 Å². The lowest BCUT2D eigenvalue weighted by atomic mass is 10.1. The van der Waals surface area contributed by atoms with Crippen molar-refractivity contribution in [2.45, 2.75) is 45.8 Å². The first-order chi connectivity index (χ1) is 7.67. The minimum atomic E-state index is -4.35. The molecule has 2 N–H and O–H groups in total. The molecule has 0 saturated heterocycles. The lowest BCUT2D eigenvalue weighted by Gasteiger charge is -2.28. The molecule has 0 aromatic heterocycles. The van der Waals surface area contributed by atoms with Gasteiger partial charge in [0.2, 0.25) is 5.91 Å². The van der Waals surface area contributed by atoms with Crippen LogP contribution in [-0.4, -0.2) is 36.1 Å². The standard InChI is InChI=1S/C11H21F3N2O/c1-8(2)16(7-11(12,13)14)10(17)5-4-9(3)6-15/h8-9H,4-7,15H2,1-3H3. The molecule has 1 amide bonds. The molecule has 0 bridgehead atoms. The molecular weight excluding hydrogens is 233 g/mol. The van der Waals surface area contributed by atoms with Crippen LogP contribution in [0.4, 0.5) is 13.2 Å². The van der Waals surface area contributed by atoms with Gasteiger partial charge in [0, 0.05) is 12.5 Å². The van der Waals surface area contributed by atoms with Gasteiger partial charge in [-0.25, -0.2) is 0 Å². The van der Waals surface area contributed by atoms with Crippen molar-refractivity contribution < 1.29 is 18.0 Å². The molecule has 1 atom stereocenters. The molecule has 3 nitrogen and oxygen atoms in total. The van der Waals surface area contributed by atoms with Crippen LogP contribution < -0.4 is 5.73 Å². The molecule has 0 fully saturated rings. The van der Waals surface area contributed by atoms with Crippen LogP contribution in [-0.2, 0) is 4.79 Å². The van der Waals surface area contributed by atoms with E-state index in [1.165, 1.54) is 0 Å². The summed E-state index contributed by atoms with van der Waals surface area (Å²) in [7, 11) is 0. The third-order valence-corrected chi connectivity index (χ3v) is 2.55. The summed E-state index contributed by atoms with van der Waals surface area (Å²) in [5.41, 5.74) is 5.39. The molecule has 17 heavy (non-hydrogen) atoms. The average Bonchev–Trinajstić information content (AvgIpc) is 2.20. The van der Waals surface area contributed by atoms with Crippen molar-refractivity contribution >= 4 is 5.91 Å². The molecule has 6 heteroatoms. The monoisotopic (exact) mass is 254 g/mol. The first kappa shape index (κ1) is 16.2. The van der Waals surface area contributed by atoms with E-state index >= 15 is 0 Å². The van der Waals surface area contributed by atoms with Crippen molar-refractivity contribution in [1.82, 2.24) is 4.90 Å². The zero-order valence-electron chi connectivity index (χ0n) is 10.5. The van der Waals surface area contributed by atoms with Gasteiger partial charge in [-0.1, -0.05) is 6.92 Å². The van der Waals surface area contributed by atoms with Gasteiger partial charge in [-0.3, -0.25) is 4.79 Å². The van der Waals surface area contributed by atoms with Gasteiger partial charge < -0.3 is 10.6 Å². The van der Waals surface area contributed by atoms with Gasteiger partial charge in [0.15, 0.2) is 0 Å². The molecular formula is C11H21F3N2O. The van der Waals surface area contributed by atoms with E-state index in [1.54, 1.807) is 13.8 Å². The smallest absolute Gasteiger partial charge is 0.331 e. The van der Waals surface area contributed by atoms with Crippen LogP contribution in [0.2, 0.25) is 0 Å². The zero-order valence-corrected chi connectivity index (χ0v) is 10.5. The second kappa shape index (κ2) is 6.83. The molecule has 0 spiro atoms. The van der Waals surface area contributed by atoms with Crippen molar-refractivity contribution in [3.8, 4) is 0 Å². The second-order valence-corrected chi connectivity index (χ2v) is 4.61. The fraction of sp³-hybridized carbons (Fsp3) is 0.909. The third-order valence-electron chi connectivity index (χ3n) is 2.55. The quantitative estimate of drug-likeness (QED) is 0.789. The Morgan fingerprint density at radius 1 is 1.29 bits per heavy atom. The summed E-state index contributed by atoms with van der Waals surface area (Å²) < 4.78 is 36.8.